The highest BCUT2D eigenvalue weighted by Gasteiger charge is 2.31. The highest BCUT2D eigenvalue weighted by Crippen LogP contribution is 2.36. The van der Waals surface area contributed by atoms with Crippen LogP contribution in [0.3, 0.4) is 0 Å². The Balaban J connectivity index is 2.12. The van der Waals surface area contributed by atoms with E-state index in [-0.39, 0.29) is 23.5 Å². The SMILES string of the molecule is O=C1CCC[C@H]2Oc3c(F)cccc3C=C12. The molecule has 0 unspecified atom stereocenters. The highest BCUT2D eigenvalue weighted by atomic mass is 19.1. The van der Waals surface area contributed by atoms with Gasteiger partial charge >= 0.3 is 0 Å². The molecule has 1 aliphatic heterocycles. The first-order chi connectivity index (χ1) is 7.75. The number of hydrogen-bond acceptors (Lipinski definition) is 2. The average Bonchev–Trinajstić information content (AvgIpc) is 2.29. The molecule has 1 aromatic carbocycles. The Morgan fingerprint density at radius 1 is 1.38 bits per heavy atom. The summed E-state index contributed by atoms with van der Waals surface area (Å²) in [6, 6.07) is 4.77. The second-order valence-corrected chi connectivity index (χ2v) is 4.18. The van der Waals surface area contributed by atoms with Gasteiger partial charge in [-0.2, -0.15) is 0 Å². The summed E-state index contributed by atoms with van der Waals surface area (Å²) in [5, 5.41) is 0. The second-order valence-electron chi connectivity index (χ2n) is 4.18. The standard InChI is InChI=1S/C13H11FO2/c14-10-4-1-3-8-7-9-11(15)5-2-6-12(9)16-13(8)10/h1,3-4,7,12H,2,5-6H2/t12-/m1/s1. The van der Waals surface area contributed by atoms with Crippen molar-refractivity contribution in [3.8, 4) is 5.75 Å². The summed E-state index contributed by atoms with van der Waals surface area (Å²) in [4.78, 5) is 11.7. The number of ether oxygens (including phenoxy) is 1. The van der Waals surface area contributed by atoms with Crippen LogP contribution < -0.4 is 4.74 Å². The lowest BCUT2D eigenvalue weighted by atomic mass is 9.87. The first kappa shape index (κ1) is 9.58. The van der Waals surface area contributed by atoms with Crippen LogP contribution in [0.5, 0.6) is 5.75 Å². The minimum atomic E-state index is -0.356. The highest BCUT2D eigenvalue weighted by molar-refractivity contribution is 6.02. The fraction of sp³-hybridized carbons (Fsp3) is 0.308. The lowest BCUT2D eigenvalue weighted by molar-refractivity contribution is -0.117. The van der Waals surface area contributed by atoms with Crippen LogP contribution in [0, 0.1) is 5.82 Å². The number of halogens is 1. The maximum atomic E-state index is 13.5. The molecule has 0 spiro atoms. The van der Waals surface area contributed by atoms with Crippen molar-refractivity contribution in [1.29, 1.82) is 0 Å². The van der Waals surface area contributed by atoms with Crippen LogP contribution in [-0.2, 0) is 4.79 Å². The van der Waals surface area contributed by atoms with Crippen molar-refractivity contribution in [2.24, 2.45) is 0 Å². The molecule has 1 atom stereocenters. The lowest BCUT2D eigenvalue weighted by Gasteiger charge is -2.29. The fourth-order valence-corrected chi connectivity index (χ4v) is 2.30. The third-order valence-electron chi connectivity index (χ3n) is 3.11. The van der Waals surface area contributed by atoms with Crippen molar-refractivity contribution in [2.75, 3.05) is 0 Å². The number of para-hydroxylation sites is 1. The van der Waals surface area contributed by atoms with E-state index in [9.17, 15) is 9.18 Å². The minimum Gasteiger partial charge on any atom is -0.482 e. The van der Waals surface area contributed by atoms with Gasteiger partial charge in [0.2, 0.25) is 0 Å². The topological polar surface area (TPSA) is 26.3 Å². The van der Waals surface area contributed by atoms with Crippen molar-refractivity contribution < 1.29 is 13.9 Å². The van der Waals surface area contributed by atoms with Gasteiger partial charge < -0.3 is 4.74 Å². The van der Waals surface area contributed by atoms with Gasteiger partial charge in [-0.1, -0.05) is 12.1 Å². The van der Waals surface area contributed by atoms with Crippen molar-refractivity contribution in [1.82, 2.24) is 0 Å². The molecule has 1 aliphatic carbocycles. The zero-order valence-electron chi connectivity index (χ0n) is 8.70. The summed E-state index contributed by atoms with van der Waals surface area (Å²) >= 11 is 0. The molecular weight excluding hydrogens is 207 g/mol. The van der Waals surface area contributed by atoms with Crippen LogP contribution in [0.4, 0.5) is 4.39 Å². The molecule has 3 heteroatoms. The van der Waals surface area contributed by atoms with Crippen LogP contribution >= 0.6 is 0 Å². The molecule has 0 aromatic heterocycles. The van der Waals surface area contributed by atoms with E-state index in [1.807, 2.05) is 0 Å². The molecule has 2 nitrogen and oxygen atoms in total. The monoisotopic (exact) mass is 218 g/mol. The molecule has 1 heterocycles. The fourth-order valence-electron chi connectivity index (χ4n) is 2.30. The van der Waals surface area contributed by atoms with E-state index in [0.717, 1.165) is 12.8 Å². The summed E-state index contributed by atoms with van der Waals surface area (Å²) in [5.74, 6) is 0.0583. The van der Waals surface area contributed by atoms with E-state index in [4.69, 9.17) is 4.74 Å². The van der Waals surface area contributed by atoms with Gasteiger partial charge in [0.15, 0.2) is 17.3 Å². The molecule has 0 N–H and O–H groups in total. The second kappa shape index (κ2) is 3.44. The molecular formula is C13H11FO2. The van der Waals surface area contributed by atoms with Crippen LogP contribution in [-0.4, -0.2) is 11.9 Å². The van der Waals surface area contributed by atoms with Gasteiger partial charge in [-0.05, 0) is 25.0 Å². The molecule has 82 valence electrons. The third kappa shape index (κ3) is 1.35. The van der Waals surface area contributed by atoms with Crippen LogP contribution in [0.25, 0.3) is 6.08 Å². The van der Waals surface area contributed by atoms with Gasteiger partial charge in [-0.3, -0.25) is 4.79 Å². The van der Waals surface area contributed by atoms with E-state index in [0.29, 0.717) is 17.6 Å². The Kier molecular flexibility index (Phi) is 2.06. The van der Waals surface area contributed by atoms with E-state index in [1.54, 1.807) is 18.2 Å². The predicted molar refractivity (Wildman–Crippen MR) is 57.7 cm³/mol. The van der Waals surface area contributed by atoms with Crippen LogP contribution in [0.2, 0.25) is 0 Å². The van der Waals surface area contributed by atoms with Gasteiger partial charge in [-0.15, -0.1) is 0 Å². The van der Waals surface area contributed by atoms with Gasteiger partial charge in [0, 0.05) is 17.6 Å². The molecule has 1 aromatic rings. The molecule has 0 radical (unpaired) electrons. The van der Waals surface area contributed by atoms with Gasteiger partial charge in [-0.25, -0.2) is 4.39 Å². The largest absolute Gasteiger partial charge is 0.482 e. The summed E-state index contributed by atoms with van der Waals surface area (Å²) < 4.78 is 19.1. The minimum absolute atomic E-state index is 0.131. The van der Waals surface area contributed by atoms with Crippen molar-refractivity contribution >= 4 is 11.9 Å². The first-order valence-corrected chi connectivity index (χ1v) is 5.45. The van der Waals surface area contributed by atoms with Gasteiger partial charge in [0.25, 0.3) is 0 Å². The summed E-state index contributed by atoms with van der Waals surface area (Å²) in [7, 11) is 0. The quantitative estimate of drug-likeness (QED) is 0.669. The van der Waals surface area contributed by atoms with Gasteiger partial charge in [0.1, 0.15) is 6.10 Å². The number of benzene rings is 1. The van der Waals surface area contributed by atoms with Gasteiger partial charge in [0.05, 0.1) is 0 Å². The van der Waals surface area contributed by atoms with Crippen LogP contribution in [0.1, 0.15) is 24.8 Å². The maximum Gasteiger partial charge on any atom is 0.165 e. The Hall–Kier alpha value is -1.64. The molecule has 1 saturated carbocycles. The van der Waals surface area contributed by atoms with E-state index < -0.39 is 0 Å². The average molecular weight is 218 g/mol. The molecule has 0 bridgehead atoms. The predicted octanol–water partition coefficient (Wildman–Crippen LogP) is 2.72. The summed E-state index contributed by atoms with van der Waals surface area (Å²) in [6.45, 7) is 0. The number of fused-ring (bicyclic) bond motifs is 2. The van der Waals surface area contributed by atoms with Crippen LogP contribution in [0.15, 0.2) is 23.8 Å². The zero-order chi connectivity index (χ0) is 11.1. The summed E-state index contributed by atoms with van der Waals surface area (Å²) in [6.07, 6.45) is 3.73. The Morgan fingerprint density at radius 3 is 3.12 bits per heavy atom. The van der Waals surface area contributed by atoms with E-state index in [2.05, 4.69) is 0 Å². The third-order valence-corrected chi connectivity index (χ3v) is 3.11. The number of rotatable bonds is 0. The van der Waals surface area contributed by atoms with Crippen molar-refractivity contribution in [3.05, 3.63) is 35.2 Å². The Bertz CT molecular complexity index is 491. The zero-order valence-corrected chi connectivity index (χ0v) is 8.70. The molecule has 16 heavy (non-hydrogen) atoms. The molecule has 3 rings (SSSR count). The Morgan fingerprint density at radius 2 is 2.25 bits per heavy atom. The lowest BCUT2D eigenvalue weighted by Crippen LogP contribution is -2.31. The number of carbonyl (C=O) groups excluding carboxylic acids is 1. The molecule has 0 amide bonds. The molecule has 1 fully saturated rings. The molecule has 2 aliphatic rings. The number of Topliss-reactive ketones (excluding diaryl/α,β-unsaturated/α-hetero) is 1. The number of hydrogen-bond donors (Lipinski definition) is 0. The maximum absolute atomic E-state index is 13.5. The van der Waals surface area contributed by atoms with E-state index >= 15 is 0 Å². The normalized spacial score (nSPS) is 22.9. The van der Waals surface area contributed by atoms with E-state index in [1.165, 1.54) is 6.07 Å². The smallest absolute Gasteiger partial charge is 0.165 e. The van der Waals surface area contributed by atoms with Crippen molar-refractivity contribution in [2.45, 2.75) is 25.4 Å². The van der Waals surface area contributed by atoms with Crippen molar-refractivity contribution in [3.63, 3.8) is 0 Å². The molecule has 0 saturated heterocycles. The summed E-state index contributed by atoms with van der Waals surface area (Å²) in [5.41, 5.74) is 1.37. The first-order valence-electron chi connectivity index (χ1n) is 5.45. The number of carbonyl (C=O) groups is 1. The Labute approximate surface area is 92.7 Å². The number of ketones is 1.